The molecule has 7 heteroatoms. The molecule has 0 bridgehead atoms. The molecular formula is C26H25ClF3NO2. The van der Waals surface area contributed by atoms with Crippen molar-refractivity contribution >= 4 is 17.5 Å². The van der Waals surface area contributed by atoms with Crippen LogP contribution in [0.2, 0.25) is 5.02 Å². The summed E-state index contributed by atoms with van der Waals surface area (Å²) in [4.78, 5) is 13.0. The summed E-state index contributed by atoms with van der Waals surface area (Å²) >= 11 is 6.24. The van der Waals surface area contributed by atoms with Gasteiger partial charge in [0.05, 0.1) is 11.6 Å². The summed E-state index contributed by atoms with van der Waals surface area (Å²) in [5.41, 5.74) is 0.632. The Balaban J connectivity index is 1.80. The fraction of sp³-hybridized carbons (Fsp3) is 0.269. The molecule has 3 aromatic rings. The molecule has 0 saturated carbocycles. The molecule has 1 unspecified atom stereocenters. The van der Waals surface area contributed by atoms with E-state index in [0.717, 1.165) is 17.7 Å². The van der Waals surface area contributed by atoms with Gasteiger partial charge in [0.15, 0.2) is 0 Å². The van der Waals surface area contributed by atoms with Crippen molar-refractivity contribution < 1.29 is 22.7 Å². The zero-order valence-electron chi connectivity index (χ0n) is 18.3. The highest BCUT2D eigenvalue weighted by atomic mass is 35.5. The fourth-order valence-corrected chi connectivity index (χ4v) is 3.70. The minimum absolute atomic E-state index is 0.117. The summed E-state index contributed by atoms with van der Waals surface area (Å²) in [6.07, 6.45) is -4.07. The number of amides is 1. The average molecular weight is 476 g/mol. The van der Waals surface area contributed by atoms with Gasteiger partial charge >= 0.3 is 6.18 Å². The Labute approximate surface area is 196 Å². The summed E-state index contributed by atoms with van der Waals surface area (Å²) < 4.78 is 45.5. The highest BCUT2D eigenvalue weighted by molar-refractivity contribution is 6.31. The smallest absolute Gasteiger partial charge is 0.416 e. The lowest BCUT2D eigenvalue weighted by Gasteiger charge is -2.23. The van der Waals surface area contributed by atoms with Gasteiger partial charge in [-0.25, -0.2) is 0 Å². The van der Waals surface area contributed by atoms with E-state index in [0.29, 0.717) is 17.7 Å². The van der Waals surface area contributed by atoms with Crippen LogP contribution in [-0.4, -0.2) is 5.91 Å². The van der Waals surface area contributed by atoms with Crippen LogP contribution in [0.5, 0.6) is 5.75 Å². The topological polar surface area (TPSA) is 38.3 Å². The molecule has 1 amide bonds. The number of hydrogen-bond donors (Lipinski definition) is 1. The minimum atomic E-state index is -4.50. The Morgan fingerprint density at radius 1 is 1.00 bits per heavy atom. The predicted octanol–water partition coefficient (Wildman–Crippen LogP) is 7.46. The number of carbonyl (C=O) groups is 1. The van der Waals surface area contributed by atoms with Crippen LogP contribution >= 0.6 is 11.6 Å². The molecule has 3 aromatic carbocycles. The van der Waals surface area contributed by atoms with Crippen LogP contribution in [0.3, 0.4) is 0 Å². The van der Waals surface area contributed by atoms with Crippen molar-refractivity contribution in [3.63, 3.8) is 0 Å². The Kier molecular flexibility index (Phi) is 8.03. The molecule has 3 rings (SSSR count). The van der Waals surface area contributed by atoms with Crippen molar-refractivity contribution in [1.29, 1.82) is 0 Å². The van der Waals surface area contributed by atoms with Crippen molar-refractivity contribution in [1.82, 2.24) is 5.32 Å². The van der Waals surface area contributed by atoms with Crippen LogP contribution in [0, 0.1) is 5.92 Å². The highest BCUT2D eigenvalue weighted by Gasteiger charge is 2.32. The standard InChI is InChI=1S/C26H25ClF3NO2/c1-17(2)13-24(22-15-20(26(28,29)30)11-12-23(22)27)31-25(32)19-8-6-7-18(14-19)16-33-21-9-4-3-5-10-21/h3-12,14-15,17,24H,13,16H2,1-2H3,(H,31,32). The van der Waals surface area contributed by atoms with Gasteiger partial charge in [-0.15, -0.1) is 0 Å². The summed E-state index contributed by atoms with van der Waals surface area (Å²) in [6, 6.07) is 18.8. The minimum Gasteiger partial charge on any atom is -0.489 e. The number of benzene rings is 3. The maximum absolute atomic E-state index is 13.3. The summed E-state index contributed by atoms with van der Waals surface area (Å²) in [5, 5.41) is 3.05. The van der Waals surface area contributed by atoms with Crippen molar-refractivity contribution in [3.05, 3.63) is 100 Å². The Morgan fingerprint density at radius 2 is 1.73 bits per heavy atom. The molecule has 0 radical (unpaired) electrons. The third-order valence-corrected chi connectivity index (χ3v) is 5.39. The zero-order valence-corrected chi connectivity index (χ0v) is 19.1. The van der Waals surface area contributed by atoms with Gasteiger partial charge < -0.3 is 10.1 Å². The van der Waals surface area contributed by atoms with Gasteiger partial charge in [-0.3, -0.25) is 4.79 Å². The number of nitrogens with one attached hydrogen (secondary N) is 1. The van der Waals surface area contributed by atoms with Crippen LogP contribution in [-0.2, 0) is 12.8 Å². The molecule has 33 heavy (non-hydrogen) atoms. The van der Waals surface area contributed by atoms with Gasteiger partial charge in [0.1, 0.15) is 12.4 Å². The van der Waals surface area contributed by atoms with E-state index in [4.69, 9.17) is 16.3 Å². The van der Waals surface area contributed by atoms with E-state index >= 15 is 0 Å². The van der Waals surface area contributed by atoms with E-state index in [-0.39, 0.29) is 23.1 Å². The van der Waals surface area contributed by atoms with E-state index in [1.54, 1.807) is 18.2 Å². The lowest BCUT2D eigenvalue weighted by molar-refractivity contribution is -0.137. The van der Waals surface area contributed by atoms with Crippen LogP contribution in [0.4, 0.5) is 13.2 Å². The molecule has 0 aromatic heterocycles. The van der Waals surface area contributed by atoms with Gasteiger partial charge in [0, 0.05) is 10.6 Å². The monoisotopic (exact) mass is 475 g/mol. The van der Waals surface area contributed by atoms with E-state index < -0.39 is 23.7 Å². The quantitative estimate of drug-likeness (QED) is 0.367. The Hall–Kier alpha value is -2.99. The fourth-order valence-electron chi connectivity index (χ4n) is 3.45. The van der Waals surface area contributed by atoms with Gasteiger partial charge in [-0.2, -0.15) is 13.2 Å². The van der Waals surface area contributed by atoms with Gasteiger partial charge in [-0.1, -0.05) is 55.8 Å². The SMILES string of the molecule is CC(C)CC(NC(=O)c1cccc(COc2ccccc2)c1)c1cc(C(F)(F)F)ccc1Cl. The molecule has 0 heterocycles. The van der Waals surface area contributed by atoms with Gasteiger partial charge in [-0.05, 0) is 65.9 Å². The van der Waals surface area contributed by atoms with Crippen LogP contribution in [0.15, 0.2) is 72.8 Å². The van der Waals surface area contributed by atoms with E-state index in [1.807, 2.05) is 50.2 Å². The molecule has 0 spiro atoms. The largest absolute Gasteiger partial charge is 0.489 e. The normalized spacial score (nSPS) is 12.5. The molecule has 0 saturated heterocycles. The average Bonchev–Trinajstić information content (AvgIpc) is 2.77. The number of carbonyl (C=O) groups excluding carboxylic acids is 1. The molecule has 174 valence electrons. The van der Waals surface area contributed by atoms with Crippen molar-refractivity contribution in [2.75, 3.05) is 0 Å². The maximum atomic E-state index is 13.3. The lowest BCUT2D eigenvalue weighted by atomic mass is 9.95. The third-order valence-electron chi connectivity index (χ3n) is 5.05. The summed E-state index contributed by atoms with van der Waals surface area (Å²) in [6.45, 7) is 4.14. The van der Waals surface area contributed by atoms with Crippen molar-refractivity contribution in [2.45, 2.75) is 39.1 Å². The highest BCUT2D eigenvalue weighted by Crippen LogP contribution is 2.35. The van der Waals surface area contributed by atoms with Crippen LogP contribution in [0.25, 0.3) is 0 Å². The van der Waals surface area contributed by atoms with Crippen LogP contribution in [0.1, 0.15) is 53.4 Å². The van der Waals surface area contributed by atoms with E-state index in [9.17, 15) is 18.0 Å². The first-order chi connectivity index (χ1) is 15.6. The van der Waals surface area contributed by atoms with Gasteiger partial charge in [0.2, 0.25) is 0 Å². The molecule has 3 nitrogen and oxygen atoms in total. The first kappa shape index (κ1) is 24.6. The number of alkyl halides is 3. The summed E-state index contributed by atoms with van der Waals surface area (Å²) in [5.74, 6) is 0.436. The second-order valence-electron chi connectivity index (χ2n) is 8.19. The number of rotatable bonds is 8. The second kappa shape index (κ2) is 10.8. The zero-order chi connectivity index (χ0) is 24.0. The van der Waals surface area contributed by atoms with Crippen molar-refractivity contribution in [2.24, 2.45) is 5.92 Å². The molecule has 0 aliphatic heterocycles. The molecule has 1 atom stereocenters. The van der Waals surface area contributed by atoms with E-state index in [2.05, 4.69) is 5.32 Å². The van der Waals surface area contributed by atoms with Crippen molar-refractivity contribution in [3.8, 4) is 5.75 Å². The van der Waals surface area contributed by atoms with E-state index in [1.165, 1.54) is 6.07 Å². The Bertz CT molecular complexity index is 1080. The first-order valence-corrected chi connectivity index (χ1v) is 11.0. The molecular weight excluding hydrogens is 451 g/mol. The Morgan fingerprint density at radius 3 is 2.39 bits per heavy atom. The number of halogens is 4. The summed E-state index contributed by atoms with van der Waals surface area (Å²) in [7, 11) is 0. The molecule has 0 aliphatic rings. The molecule has 0 fully saturated rings. The van der Waals surface area contributed by atoms with Crippen LogP contribution < -0.4 is 10.1 Å². The first-order valence-electron chi connectivity index (χ1n) is 10.6. The lowest BCUT2D eigenvalue weighted by Crippen LogP contribution is -2.30. The number of hydrogen-bond acceptors (Lipinski definition) is 2. The number of para-hydroxylation sites is 1. The molecule has 1 N–H and O–H groups in total. The predicted molar refractivity (Wildman–Crippen MR) is 123 cm³/mol. The third kappa shape index (κ3) is 6.99. The second-order valence-corrected chi connectivity index (χ2v) is 8.60. The van der Waals surface area contributed by atoms with Gasteiger partial charge in [0.25, 0.3) is 5.91 Å². The number of ether oxygens (including phenoxy) is 1. The molecule has 0 aliphatic carbocycles. The maximum Gasteiger partial charge on any atom is 0.416 e.